The molecule has 1 aromatic carbocycles. The van der Waals surface area contributed by atoms with Crippen molar-refractivity contribution >= 4 is 32.9 Å². The van der Waals surface area contributed by atoms with Crippen molar-refractivity contribution in [2.45, 2.75) is 39.3 Å². The lowest BCUT2D eigenvalue weighted by Gasteiger charge is -2.23. The fourth-order valence-electron chi connectivity index (χ4n) is 2.85. The molecule has 0 aliphatic carbocycles. The van der Waals surface area contributed by atoms with Gasteiger partial charge in [-0.2, -0.15) is 0 Å². The minimum atomic E-state index is -0.876. The Morgan fingerprint density at radius 3 is 2.60 bits per heavy atom. The van der Waals surface area contributed by atoms with Crippen LogP contribution in [0.4, 0.5) is 13.6 Å². The van der Waals surface area contributed by atoms with Gasteiger partial charge in [-0.05, 0) is 55.8 Å². The van der Waals surface area contributed by atoms with E-state index in [1.54, 1.807) is 27.7 Å². The molecule has 3 rings (SSSR count). The number of pyridine rings is 1. The van der Waals surface area contributed by atoms with Crippen molar-refractivity contribution in [3.05, 3.63) is 62.9 Å². The molecule has 0 bridgehead atoms. The highest BCUT2D eigenvalue weighted by Gasteiger charge is 2.24. The quantitative estimate of drug-likeness (QED) is 0.599. The Balaban J connectivity index is 2.23. The second kappa shape index (κ2) is 8.10. The van der Waals surface area contributed by atoms with Crippen LogP contribution in [0.25, 0.3) is 16.6 Å². The summed E-state index contributed by atoms with van der Waals surface area (Å²) in [6.07, 6.45) is 1.51. The zero-order valence-electron chi connectivity index (χ0n) is 16.7. The lowest BCUT2D eigenvalue weighted by atomic mass is 10.2. The number of rotatable bonds is 3. The Bertz CT molecular complexity index is 1190. The van der Waals surface area contributed by atoms with Gasteiger partial charge in [0.25, 0.3) is 5.56 Å². The first-order valence-electron chi connectivity index (χ1n) is 8.99. The molecule has 1 N–H and O–H groups in total. The van der Waals surface area contributed by atoms with Crippen LogP contribution in [0, 0.1) is 11.6 Å². The van der Waals surface area contributed by atoms with Crippen molar-refractivity contribution < 1.29 is 18.3 Å². The number of hydrogen-bond acceptors (Lipinski definition) is 5. The Morgan fingerprint density at radius 1 is 1.27 bits per heavy atom. The molecule has 2 heterocycles. The maximum Gasteiger partial charge on any atom is 0.408 e. The van der Waals surface area contributed by atoms with E-state index in [2.05, 4.69) is 31.2 Å². The number of benzene rings is 1. The number of nitrogens with zero attached hydrogens (tertiary/aromatic N) is 3. The third-order valence-electron chi connectivity index (χ3n) is 4.02. The van der Waals surface area contributed by atoms with Gasteiger partial charge in [-0.3, -0.25) is 14.3 Å². The standard InChI is InChI=1S/C20H19BrF2N4O3/c1-10(25-19(29)30-20(2,3)4)17-26-16-14(23)6-5-13(21)15(16)18(28)27(17)12-7-11(22)8-24-9-12/h5-10H,1-4H3,(H,25,29)/t10-/m0/s1. The van der Waals surface area contributed by atoms with Crippen LogP contribution in [0.3, 0.4) is 0 Å². The number of halogens is 3. The average Bonchev–Trinajstić information content (AvgIpc) is 2.62. The van der Waals surface area contributed by atoms with E-state index in [4.69, 9.17) is 4.74 Å². The van der Waals surface area contributed by atoms with Crippen LogP contribution >= 0.6 is 15.9 Å². The molecule has 0 fully saturated rings. The summed E-state index contributed by atoms with van der Waals surface area (Å²) in [5, 5.41) is 2.55. The van der Waals surface area contributed by atoms with Crippen molar-refractivity contribution in [3.8, 4) is 5.69 Å². The minimum Gasteiger partial charge on any atom is -0.444 e. The molecule has 7 nitrogen and oxygen atoms in total. The maximum atomic E-state index is 14.5. The van der Waals surface area contributed by atoms with Crippen LogP contribution in [0.15, 0.2) is 39.9 Å². The Morgan fingerprint density at radius 2 is 1.97 bits per heavy atom. The Kier molecular flexibility index (Phi) is 5.89. The number of fused-ring (bicyclic) bond motifs is 1. The predicted octanol–water partition coefficient (Wildman–Crippen LogP) is 4.41. The molecular formula is C20H19BrF2N4O3. The number of amides is 1. The van der Waals surface area contributed by atoms with Gasteiger partial charge >= 0.3 is 6.09 Å². The molecule has 0 spiro atoms. The van der Waals surface area contributed by atoms with E-state index in [1.165, 1.54) is 18.3 Å². The summed E-state index contributed by atoms with van der Waals surface area (Å²) >= 11 is 3.24. The lowest BCUT2D eigenvalue weighted by Crippen LogP contribution is -2.37. The molecule has 0 aliphatic heterocycles. The third kappa shape index (κ3) is 4.48. The summed E-state index contributed by atoms with van der Waals surface area (Å²) < 4.78 is 34.9. The summed E-state index contributed by atoms with van der Waals surface area (Å²) in [6.45, 7) is 6.66. The SMILES string of the molecule is C[C@H](NC(=O)OC(C)(C)C)c1nc2c(F)ccc(Br)c2c(=O)n1-c1cncc(F)c1. The van der Waals surface area contributed by atoms with Crippen molar-refractivity contribution in [2.75, 3.05) is 0 Å². The normalized spacial score (nSPS) is 12.6. The summed E-state index contributed by atoms with van der Waals surface area (Å²) in [4.78, 5) is 33.6. The van der Waals surface area contributed by atoms with Crippen LogP contribution < -0.4 is 10.9 Å². The molecule has 0 saturated carbocycles. The van der Waals surface area contributed by atoms with E-state index < -0.39 is 34.9 Å². The number of hydrogen-bond donors (Lipinski definition) is 1. The zero-order valence-corrected chi connectivity index (χ0v) is 18.3. The number of ether oxygens (including phenoxy) is 1. The minimum absolute atomic E-state index is 0.0113. The van der Waals surface area contributed by atoms with Crippen LogP contribution in [0.1, 0.15) is 39.6 Å². The van der Waals surface area contributed by atoms with E-state index in [0.717, 1.165) is 16.8 Å². The van der Waals surface area contributed by atoms with E-state index >= 15 is 0 Å². The number of carbonyl (C=O) groups is 1. The first-order chi connectivity index (χ1) is 14.0. The molecule has 0 unspecified atom stereocenters. The van der Waals surface area contributed by atoms with Crippen LogP contribution in [0.2, 0.25) is 0 Å². The van der Waals surface area contributed by atoms with Crippen LogP contribution in [0.5, 0.6) is 0 Å². The third-order valence-corrected chi connectivity index (χ3v) is 4.68. The zero-order chi connectivity index (χ0) is 22.2. The first-order valence-corrected chi connectivity index (χ1v) is 9.78. The average molecular weight is 481 g/mol. The lowest BCUT2D eigenvalue weighted by molar-refractivity contribution is 0.0505. The Labute approximate surface area is 179 Å². The van der Waals surface area contributed by atoms with E-state index in [0.29, 0.717) is 4.47 Å². The summed E-state index contributed by atoms with van der Waals surface area (Å²) in [5.41, 5.74) is -1.49. The smallest absolute Gasteiger partial charge is 0.408 e. The first kappa shape index (κ1) is 21.8. The van der Waals surface area contributed by atoms with Gasteiger partial charge in [0.15, 0.2) is 0 Å². The molecule has 3 aromatic rings. The van der Waals surface area contributed by atoms with Gasteiger partial charge in [0, 0.05) is 10.5 Å². The van der Waals surface area contributed by atoms with Crippen LogP contribution in [-0.4, -0.2) is 26.2 Å². The van der Waals surface area contributed by atoms with Crippen molar-refractivity contribution in [1.29, 1.82) is 0 Å². The fraction of sp³-hybridized carbons (Fsp3) is 0.300. The summed E-state index contributed by atoms with van der Waals surface area (Å²) in [5.74, 6) is -1.39. The summed E-state index contributed by atoms with van der Waals surface area (Å²) in [7, 11) is 0. The molecule has 1 amide bonds. The van der Waals surface area contributed by atoms with E-state index in [1.807, 2.05) is 0 Å². The number of aromatic nitrogens is 3. The molecule has 158 valence electrons. The molecule has 0 radical (unpaired) electrons. The summed E-state index contributed by atoms with van der Waals surface area (Å²) in [6, 6.07) is 2.77. The van der Waals surface area contributed by atoms with Gasteiger partial charge < -0.3 is 10.1 Å². The number of nitrogens with one attached hydrogen (secondary N) is 1. The van der Waals surface area contributed by atoms with Crippen molar-refractivity contribution in [2.24, 2.45) is 0 Å². The predicted molar refractivity (Wildman–Crippen MR) is 111 cm³/mol. The van der Waals surface area contributed by atoms with Gasteiger partial charge in [-0.25, -0.2) is 18.6 Å². The van der Waals surface area contributed by atoms with Gasteiger partial charge in [-0.1, -0.05) is 0 Å². The molecule has 10 heteroatoms. The van der Waals surface area contributed by atoms with Gasteiger partial charge in [0.2, 0.25) is 0 Å². The number of carbonyl (C=O) groups excluding carboxylic acids is 1. The molecular weight excluding hydrogens is 462 g/mol. The highest BCUT2D eigenvalue weighted by molar-refractivity contribution is 9.10. The highest BCUT2D eigenvalue weighted by Crippen LogP contribution is 2.25. The molecule has 1 atom stereocenters. The fourth-order valence-corrected chi connectivity index (χ4v) is 3.34. The van der Waals surface area contributed by atoms with Crippen molar-refractivity contribution in [3.63, 3.8) is 0 Å². The van der Waals surface area contributed by atoms with Crippen LogP contribution in [-0.2, 0) is 4.74 Å². The largest absolute Gasteiger partial charge is 0.444 e. The van der Waals surface area contributed by atoms with Gasteiger partial charge in [0.1, 0.15) is 28.6 Å². The molecule has 30 heavy (non-hydrogen) atoms. The Hall–Kier alpha value is -2.88. The number of alkyl carbamates (subject to hydrolysis) is 1. The molecule has 2 aromatic heterocycles. The maximum absolute atomic E-state index is 14.5. The van der Waals surface area contributed by atoms with E-state index in [-0.39, 0.29) is 22.4 Å². The second-order valence-corrected chi connectivity index (χ2v) is 8.45. The molecule has 0 saturated heterocycles. The molecule has 0 aliphatic rings. The van der Waals surface area contributed by atoms with Gasteiger partial charge in [0.05, 0.1) is 29.5 Å². The second-order valence-electron chi connectivity index (χ2n) is 7.59. The van der Waals surface area contributed by atoms with E-state index in [9.17, 15) is 18.4 Å². The highest BCUT2D eigenvalue weighted by atomic mass is 79.9. The monoisotopic (exact) mass is 480 g/mol. The van der Waals surface area contributed by atoms with Crippen molar-refractivity contribution in [1.82, 2.24) is 19.9 Å². The topological polar surface area (TPSA) is 86.1 Å². The van der Waals surface area contributed by atoms with Gasteiger partial charge in [-0.15, -0.1) is 0 Å².